The molecule has 2 rings (SSSR count). The molecule has 1 aromatic rings. The summed E-state index contributed by atoms with van der Waals surface area (Å²) in [6.07, 6.45) is -0.646. The summed E-state index contributed by atoms with van der Waals surface area (Å²) in [4.78, 5) is -0.287. The monoisotopic (exact) mass is 358 g/mol. The minimum absolute atomic E-state index is 0.00526. The number of alkyl halides is 2. The first-order valence-corrected chi connectivity index (χ1v) is 8.52. The molecule has 0 radical (unpaired) electrons. The fourth-order valence-corrected chi connectivity index (χ4v) is 3.67. The van der Waals surface area contributed by atoms with E-state index < -0.39 is 23.0 Å². The Morgan fingerprint density at radius 1 is 1.29 bits per heavy atom. The van der Waals surface area contributed by atoms with Crippen molar-refractivity contribution in [2.24, 2.45) is 0 Å². The van der Waals surface area contributed by atoms with Crippen molar-refractivity contribution in [3.8, 4) is 0 Å². The van der Waals surface area contributed by atoms with Gasteiger partial charge in [0.2, 0.25) is 10.0 Å². The highest BCUT2D eigenvalue weighted by molar-refractivity contribution is 7.89. The fourth-order valence-electron chi connectivity index (χ4n) is 1.73. The largest absolute Gasteiger partial charge is 0.310 e. The molecular formula is C12H14Cl2F2N2O2S. The summed E-state index contributed by atoms with van der Waals surface area (Å²) in [5.41, 5.74) is 0.522. The van der Waals surface area contributed by atoms with E-state index in [0.717, 1.165) is 18.9 Å². The van der Waals surface area contributed by atoms with Crippen LogP contribution in [0.25, 0.3) is 0 Å². The van der Waals surface area contributed by atoms with E-state index in [0.29, 0.717) is 18.2 Å². The Morgan fingerprint density at radius 3 is 2.52 bits per heavy atom. The average Bonchev–Trinajstić information content (AvgIpc) is 3.21. The van der Waals surface area contributed by atoms with Crippen molar-refractivity contribution in [2.45, 2.75) is 36.7 Å². The maximum atomic E-state index is 12.2. The molecule has 1 aliphatic carbocycles. The lowest BCUT2D eigenvalue weighted by atomic mass is 10.2. The fraction of sp³-hybridized carbons (Fsp3) is 0.500. The number of halogens is 4. The summed E-state index contributed by atoms with van der Waals surface area (Å²) in [5.74, 6) is 0. The van der Waals surface area contributed by atoms with Gasteiger partial charge in [-0.15, -0.1) is 0 Å². The van der Waals surface area contributed by atoms with Gasteiger partial charge in [-0.1, -0.05) is 23.2 Å². The van der Waals surface area contributed by atoms with Crippen molar-refractivity contribution in [3.05, 3.63) is 27.7 Å². The molecule has 4 nitrogen and oxygen atoms in total. The van der Waals surface area contributed by atoms with Gasteiger partial charge in [-0.3, -0.25) is 0 Å². The Labute approximate surface area is 131 Å². The predicted octanol–water partition coefficient (Wildman–Crippen LogP) is 2.79. The lowest BCUT2D eigenvalue weighted by molar-refractivity contribution is 0.153. The van der Waals surface area contributed by atoms with Gasteiger partial charge in [0.1, 0.15) is 4.90 Å². The third-order valence-electron chi connectivity index (χ3n) is 2.96. The van der Waals surface area contributed by atoms with E-state index in [4.69, 9.17) is 23.2 Å². The van der Waals surface area contributed by atoms with E-state index in [9.17, 15) is 17.2 Å². The second-order valence-electron chi connectivity index (χ2n) is 4.78. The zero-order valence-electron chi connectivity index (χ0n) is 10.9. The van der Waals surface area contributed by atoms with E-state index in [1.54, 1.807) is 10.8 Å². The van der Waals surface area contributed by atoms with Crippen LogP contribution in [0.2, 0.25) is 10.0 Å². The highest BCUT2D eigenvalue weighted by atomic mass is 35.5. The second kappa shape index (κ2) is 6.75. The van der Waals surface area contributed by atoms with Crippen LogP contribution in [0.5, 0.6) is 0 Å². The highest BCUT2D eigenvalue weighted by Crippen LogP contribution is 2.30. The first-order valence-electron chi connectivity index (χ1n) is 6.28. The Hall–Kier alpha value is -0.470. The Balaban J connectivity index is 2.24. The summed E-state index contributed by atoms with van der Waals surface area (Å²) in [6, 6.07) is 3.13. The highest BCUT2D eigenvalue weighted by Gasteiger charge is 2.24. The maximum Gasteiger partial charge on any atom is 0.251 e. The summed E-state index contributed by atoms with van der Waals surface area (Å²) >= 11 is 12.0. The number of hydrogen-bond donors (Lipinski definition) is 2. The molecule has 0 heterocycles. The Kier molecular flexibility index (Phi) is 5.43. The Bertz CT molecular complexity index is 622. The van der Waals surface area contributed by atoms with E-state index >= 15 is 0 Å². The number of nitrogens with one attached hydrogen (secondary N) is 2. The molecule has 0 aliphatic heterocycles. The maximum absolute atomic E-state index is 12.2. The van der Waals surface area contributed by atoms with Gasteiger partial charge in [0.15, 0.2) is 0 Å². The predicted molar refractivity (Wildman–Crippen MR) is 77.5 cm³/mol. The number of sulfonamides is 1. The zero-order valence-corrected chi connectivity index (χ0v) is 13.2. The molecule has 9 heteroatoms. The number of hydrogen-bond acceptors (Lipinski definition) is 3. The first kappa shape index (κ1) is 16.9. The minimum Gasteiger partial charge on any atom is -0.310 e. The smallest absolute Gasteiger partial charge is 0.251 e. The van der Waals surface area contributed by atoms with Crippen LogP contribution in [-0.4, -0.2) is 27.4 Å². The van der Waals surface area contributed by atoms with Crippen LogP contribution in [-0.2, 0) is 16.6 Å². The molecular weight excluding hydrogens is 345 g/mol. The van der Waals surface area contributed by atoms with Crippen LogP contribution in [0.4, 0.5) is 8.78 Å². The second-order valence-corrected chi connectivity index (χ2v) is 7.32. The van der Waals surface area contributed by atoms with E-state index in [2.05, 4.69) is 5.32 Å². The molecule has 0 aromatic heterocycles. The van der Waals surface area contributed by atoms with Gasteiger partial charge in [0.25, 0.3) is 6.43 Å². The molecule has 1 fully saturated rings. The lowest BCUT2D eigenvalue weighted by Crippen LogP contribution is -2.29. The van der Waals surface area contributed by atoms with Gasteiger partial charge in [0, 0.05) is 17.6 Å². The average molecular weight is 359 g/mol. The van der Waals surface area contributed by atoms with Crippen LogP contribution in [0.3, 0.4) is 0 Å². The van der Waals surface area contributed by atoms with Crippen LogP contribution in [0.15, 0.2) is 17.0 Å². The minimum atomic E-state index is -4.13. The normalized spacial score (nSPS) is 15.7. The number of benzene rings is 1. The van der Waals surface area contributed by atoms with Crippen LogP contribution >= 0.6 is 23.2 Å². The van der Waals surface area contributed by atoms with Crippen molar-refractivity contribution < 1.29 is 17.2 Å². The van der Waals surface area contributed by atoms with Gasteiger partial charge in [-0.25, -0.2) is 21.9 Å². The van der Waals surface area contributed by atoms with Crippen molar-refractivity contribution in [2.75, 3.05) is 6.54 Å². The van der Waals surface area contributed by atoms with Crippen LogP contribution in [0.1, 0.15) is 18.4 Å². The van der Waals surface area contributed by atoms with E-state index in [1.807, 2.05) is 0 Å². The third-order valence-corrected chi connectivity index (χ3v) is 5.18. The summed E-state index contributed by atoms with van der Waals surface area (Å²) in [6.45, 7) is -0.595. The van der Waals surface area contributed by atoms with Gasteiger partial charge in [0.05, 0.1) is 11.6 Å². The topological polar surface area (TPSA) is 58.2 Å². The number of rotatable bonds is 7. The summed E-state index contributed by atoms with van der Waals surface area (Å²) in [5, 5.41) is 3.37. The van der Waals surface area contributed by atoms with Crippen LogP contribution in [0, 0.1) is 0 Å². The van der Waals surface area contributed by atoms with Gasteiger partial charge in [-0.05, 0) is 30.5 Å². The molecule has 1 saturated carbocycles. The van der Waals surface area contributed by atoms with E-state index in [1.165, 1.54) is 0 Å². The molecule has 0 atom stereocenters. The molecule has 2 N–H and O–H groups in total. The zero-order chi connectivity index (χ0) is 15.6. The van der Waals surface area contributed by atoms with Gasteiger partial charge in [-0.2, -0.15) is 0 Å². The van der Waals surface area contributed by atoms with Crippen molar-refractivity contribution in [3.63, 3.8) is 0 Å². The van der Waals surface area contributed by atoms with Gasteiger partial charge < -0.3 is 5.32 Å². The van der Waals surface area contributed by atoms with Crippen LogP contribution < -0.4 is 10.0 Å². The standard InChI is InChI=1S/C12H14Cl2F2N2O2S/c13-8-3-7(5-17-9-1-2-9)12(14)10(4-8)21(19,20)18-6-11(15)16/h3-4,9,11,17-18H,1-2,5-6H2. The molecule has 0 bridgehead atoms. The molecule has 1 aliphatic rings. The lowest BCUT2D eigenvalue weighted by Gasteiger charge is -2.13. The quantitative estimate of drug-likeness (QED) is 0.787. The molecule has 0 amide bonds. The van der Waals surface area contributed by atoms with Crippen molar-refractivity contribution in [1.29, 1.82) is 0 Å². The SMILES string of the molecule is O=S(=O)(NCC(F)F)c1cc(Cl)cc(CNC2CC2)c1Cl. The summed E-state index contributed by atoms with van der Waals surface area (Å²) < 4.78 is 50.1. The first-order chi connectivity index (χ1) is 9.79. The molecule has 0 unspecified atom stereocenters. The molecule has 118 valence electrons. The van der Waals surface area contributed by atoms with E-state index in [-0.39, 0.29) is 14.9 Å². The Morgan fingerprint density at radius 2 is 1.95 bits per heavy atom. The molecule has 0 saturated heterocycles. The van der Waals surface area contributed by atoms with Gasteiger partial charge >= 0.3 is 0 Å². The molecule has 21 heavy (non-hydrogen) atoms. The third kappa shape index (κ3) is 4.75. The summed E-state index contributed by atoms with van der Waals surface area (Å²) in [7, 11) is -4.13. The van der Waals surface area contributed by atoms with Crippen molar-refractivity contribution in [1.82, 2.24) is 10.0 Å². The molecule has 0 spiro atoms. The van der Waals surface area contributed by atoms with Crippen molar-refractivity contribution >= 4 is 33.2 Å². The molecule has 1 aromatic carbocycles.